The molecule has 4 nitrogen and oxygen atoms in total. The van der Waals surface area contributed by atoms with Crippen molar-refractivity contribution in [1.29, 1.82) is 0 Å². The molecule has 0 radical (unpaired) electrons. The van der Waals surface area contributed by atoms with Crippen LogP contribution in [-0.4, -0.2) is 4.92 Å². The van der Waals surface area contributed by atoms with E-state index >= 15 is 0 Å². The molecule has 0 unspecified atom stereocenters. The van der Waals surface area contributed by atoms with Crippen LogP contribution in [0.1, 0.15) is 11.1 Å². The number of nitrogens with zero attached hydrogens (tertiary/aromatic N) is 1. The van der Waals surface area contributed by atoms with Crippen molar-refractivity contribution in [2.24, 2.45) is 0 Å². The Labute approximate surface area is 136 Å². The average Bonchev–Trinajstić information content (AvgIpc) is 2.44. The van der Waals surface area contributed by atoms with E-state index in [-0.39, 0.29) is 21.5 Å². The molecule has 0 aromatic heterocycles. The number of nitro groups is 1. The summed E-state index contributed by atoms with van der Waals surface area (Å²) in [6.07, 6.45) is 0. The summed E-state index contributed by atoms with van der Waals surface area (Å²) in [5, 5.41) is 11.4. The first kappa shape index (κ1) is 15.9. The molecule has 0 fully saturated rings. The average molecular weight is 347 g/mol. The molecule has 0 bridgehead atoms. The van der Waals surface area contributed by atoms with Crippen molar-refractivity contribution in [3.8, 4) is 11.5 Å². The highest BCUT2D eigenvalue weighted by atomic mass is 35.5. The number of rotatable bonds is 4. The van der Waals surface area contributed by atoms with Gasteiger partial charge < -0.3 is 4.74 Å². The third-order valence-electron chi connectivity index (χ3n) is 2.81. The number of aryl methyl sites for hydroxylation is 1. The zero-order valence-corrected chi connectivity index (χ0v) is 13.2. The molecule has 2 aromatic rings. The molecule has 0 spiro atoms. The van der Waals surface area contributed by atoms with Gasteiger partial charge in [-0.1, -0.05) is 35.3 Å². The molecule has 21 heavy (non-hydrogen) atoms. The van der Waals surface area contributed by atoms with Crippen molar-refractivity contribution in [1.82, 2.24) is 0 Å². The highest BCUT2D eigenvalue weighted by Crippen LogP contribution is 2.38. The van der Waals surface area contributed by atoms with E-state index in [9.17, 15) is 10.1 Å². The second-order valence-electron chi connectivity index (χ2n) is 4.33. The lowest BCUT2D eigenvalue weighted by Crippen LogP contribution is -1.95. The summed E-state index contributed by atoms with van der Waals surface area (Å²) in [6.45, 7) is 1.83. The monoisotopic (exact) mass is 345 g/mol. The summed E-state index contributed by atoms with van der Waals surface area (Å²) in [5.41, 5.74) is 1.50. The molecule has 7 heteroatoms. The van der Waals surface area contributed by atoms with Crippen molar-refractivity contribution in [2.75, 3.05) is 0 Å². The number of alkyl halides is 1. The van der Waals surface area contributed by atoms with E-state index in [0.717, 1.165) is 11.1 Å². The van der Waals surface area contributed by atoms with Crippen LogP contribution in [0.2, 0.25) is 10.0 Å². The van der Waals surface area contributed by atoms with Gasteiger partial charge in [0.2, 0.25) is 5.75 Å². The number of nitro benzene ring substituents is 1. The molecule has 0 heterocycles. The third-order valence-corrected chi connectivity index (χ3v) is 3.84. The van der Waals surface area contributed by atoms with Gasteiger partial charge in [-0.2, -0.15) is 0 Å². The van der Waals surface area contributed by atoms with Crippen molar-refractivity contribution >= 4 is 40.5 Å². The molecule has 110 valence electrons. The summed E-state index contributed by atoms with van der Waals surface area (Å²) in [6, 6.07) is 7.85. The molecular formula is C14H10Cl3NO3. The summed E-state index contributed by atoms with van der Waals surface area (Å²) in [7, 11) is 0. The van der Waals surface area contributed by atoms with Crippen molar-refractivity contribution in [3.05, 3.63) is 61.6 Å². The molecule has 0 atom stereocenters. The molecule has 2 rings (SSSR count). The summed E-state index contributed by atoms with van der Waals surface area (Å²) < 4.78 is 5.61. The number of benzene rings is 2. The predicted molar refractivity (Wildman–Crippen MR) is 83.9 cm³/mol. The van der Waals surface area contributed by atoms with Gasteiger partial charge in [0.25, 0.3) is 0 Å². The fraction of sp³-hybridized carbons (Fsp3) is 0.143. The van der Waals surface area contributed by atoms with Gasteiger partial charge in [0, 0.05) is 18.0 Å². The lowest BCUT2D eigenvalue weighted by molar-refractivity contribution is -0.385. The van der Waals surface area contributed by atoms with E-state index < -0.39 is 4.92 Å². The van der Waals surface area contributed by atoms with Crippen molar-refractivity contribution in [3.63, 3.8) is 0 Å². The van der Waals surface area contributed by atoms with Crippen LogP contribution >= 0.6 is 34.8 Å². The Balaban J connectivity index is 2.43. The molecule has 2 aromatic carbocycles. The zero-order chi connectivity index (χ0) is 15.6. The largest absolute Gasteiger partial charge is 0.450 e. The SMILES string of the molecule is Cc1cc(CCl)ccc1Oc1cc(Cl)c(Cl)cc1[N+](=O)[O-]. The van der Waals surface area contributed by atoms with Gasteiger partial charge in [-0.3, -0.25) is 10.1 Å². The van der Waals surface area contributed by atoms with Crippen molar-refractivity contribution in [2.45, 2.75) is 12.8 Å². The predicted octanol–water partition coefficient (Wildman–Crippen LogP) is 5.74. The van der Waals surface area contributed by atoms with Crippen LogP contribution in [0.3, 0.4) is 0 Å². The molecule has 0 saturated carbocycles. The van der Waals surface area contributed by atoms with E-state index in [4.69, 9.17) is 39.5 Å². The zero-order valence-electron chi connectivity index (χ0n) is 10.9. The smallest absolute Gasteiger partial charge is 0.313 e. The van der Waals surface area contributed by atoms with Crippen LogP contribution in [-0.2, 0) is 5.88 Å². The van der Waals surface area contributed by atoms with E-state index in [1.54, 1.807) is 12.1 Å². The van der Waals surface area contributed by atoms with Gasteiger partial charge in [0.15, 0.2) is 0 Å². The third kappa shape index (κ3) is 3.59. The van der Waals surface area contributed by atoms with Crippen molar-refractivity contribution < 1.29 is 9.66 Å². The van der Waals surface area contributed by atoms with Crippen LogP contribution in [0.5, 0.6) is 11.5 Å². The van der Waals surface area contributed by atoms with Gasteiger partial charge in [0.1, 0.15) is 5.75 Å². The maximum absolute atomic E-state index is 11.1. The van der Waals surface area contributed by atoms with Gasteiger partial charge in [-0.25, -0.2) is 0 Å². The van der Waals surface area contributed by atoms with E-state index in [1.807, 2.05) is 13.0 Å². The molecule has 0 amide bonds. The Kier molecular flexibility index (Phi) is 4.93. The van der Waals surface area contributed by atoms with E-state index in [2.05, 4.69) is 0 Å². The summed E-state index contributed by atoms with van der Waals surface area (Å²) in [5.74, 6) is 0.912. The molecule has 0 saturated heterocycles. The Morgan fingerprint density at radius 1 is 1.14 bits per heavy atom. The van der Waals surface area contributed by atoms with Gasteiger partial charge in [0.05, 0.1) is 15.0 Å². The molecule has 0 aliphatic rings. The van der Waals surface area contributed by atoms with Gasteiger partial charge >= 0.3 is 5.69 Å². The van der Waals surface area contributed by atoms with Crippen LogP contribution in [0.4, 0.5) is 5.69 Å². The van der Waals surface area contributed by atoms with E-state index in [0.29, 0.717) is 11.6 Å². The molecular weight excluding hydrogens is 337 g/mol. The fourth-order valence-electron chi connectivity index (χ4n) is 1.77. The minimum absolute atomic E-state index is 0.0381. The van der Waals surface area contributed by atoms with Gasteiger partial charge in [-0.05, 0) is 24.1 Å². The van der Waals surface area contributed by atoms with Crippen LogP contribution < -0.4 is 4.74 Å². The first-order chi connectivity index (χ1) is 9.92. The van der Waals surface area contributed by atoms with Crippen LogP contribution in [0.25, 0.3) is 0 Å². The Morgan fingerprint density at radius 3 is 2.38 bits per heavy atom. The lowest BCUT2D eigenvalue weighted by Gasteiger charge is -2.10. The minimum atomic E-state index is -0.569. The highest BCUT2D eigenvalue weighted by molar-refractivity contribution is 6.42. The Bertz CT molecular complexity index is 704. The quantitative estimate of drug-likeness (QED) is 0.403. The number of ether oxygens (including phenoxy) is 1. The number of hydrogen-bond acceptors (Lipinski definition) is 3. The number of halogens is 3. The maximum atomic E-state index is 11.1. The normalized spacial score (nSPS) is 10.5. The van der Waals surface area contributed by atoms with Gasteiger partial charge in [-0.15, -0.1) is 11.6 Å². The molecule has 0 aliphatic heterocycles. The van der Waals surface area contributed by atoms with E-state index in [1.165, 1.54) is 12.1 Å². The Morgan fingerprint density at radius 2 is 1.81 bits per heavy atom. The van der Waals surface area contributed by atoms with Crippen LogP contribution in [0, 0.1) is 17.0 Å². The minimum Gasteiger partial charge on any atom is -0.450 e. The Hall–Kier alpha value is -1.49. The van der Waals surface area contributed by atoms with Crippen LogP contribution in [0.15, 0.2) is 30.3 Å². The topological polar surface area (TPSA) is 52.4 Å². The highest BCUT2D eigenvalue weighted by Gasteiger charge is 2.19. The first-order valence-corrected chi connectivity index (χ1v) is 7.18. The number of hydrogen-bond donors (Lipinski definition) is 0. The second-order valence-corrected chi connectivity index (χ2v) is 5.41. The lowest BCUT2D eigenvalue weighted by atomic mass is 10.1. The fourth-order valence-corrected chi connectivity index (χ4v) is 2.25. The first-order valence-electron chi connectivity index (χ1n) is 5.89. The molecule has 0 aliphatic carbocycles. The maximum Gasteiger partial charge on any atom is 0.313 e. The second kappa shape index (κ2) is 6.52. The standard InChI is InChI=1S/C14H10Cl3NO3/c1-8-4-9(7-15)2-3-13(8)21-14-6-11(17)10(16)5-12(14)18(19)20/h2-6H,7H2,1H3. The molecule has 0 N–H and O–H groups in total. The summed E-state index contributed by atoms with van der Waals surface area (Å²) >= 11 is 17.4. The summed E-state index contributed by atoms with van der Waals surface area (Å²) in [4.78, 5) is 10.5.